The molecule has 0 heterocycles. The predicted octanol–water partition coefficient (Wildman–Crippen LogP) is 2.50. The van der Waals surface area contributed by atoms with Crippen LogP contribution in [-0.2, 0) is 14.3 Å². The van der Waals surface area contributed by atoms with Crippen LogP contribution in [0.25, 0.3) is 0 Å². The van der Waals surface area contributed by atoms with Crippen LogP contribution < -0.4 is 0 Å². The molecular weight excluding hydrogens is 192 g/mol. The maximum absolute atomic E-state index is 11.4. The van der Waals surface area contributed by atoms with E-state index < -0.39 is 0 Å². The fraction of sp³-hybridized carbons (Fsp3) is 0.667. The number of ketones is 1. The second kappa shape index (κ2) is 7.21. The normalized spacial score (nSPS) is 11.7. The van der Waals surface area contributed by atoms with Gasteiger partial charge in [0.15, 0.2) is 5.78 Å². The Morgan fingerprint density at radius 2 is 1.87 bits per heavy atom. The highest BCUT2D eigenvalue weighted by Crippen LogP contribution is 2.09. The second-order valence-electron chi connectivity index (χ2n) is 4.13. The summed E-state index contributed by atoms with van der Waals surface area (Å²) in [5.74, 6) is 0.135. The van der Waals surface area contributed by atoms with E-state index in [-0.39, 0.29) is 17.7 Å². The predicted molar refractivity (Wildman–Crippen MR) is 59.5 cm³/mol. The average molecular weight is 212 g/mol. The minimum Gasteiger partial charge on any atom is -0.466 e. The largest absolute Gasteiger partial charge is 0.466 e. The fourth-order valence-corrected chi connectivity index (χ4v) is 1.23. The Labute approximate surface area is 91.5 Å². The lowest BCUT2D eigenvalue weighted by Gasteiger charge is -2.08. The van der Waals surface area contributed by atoms with Crippen molar-refractivity contribution < 1.29 is 14.3 Å². The molecule has 0 aromatic carbocycles. The summed E-state index contributed by atoms with van der Waals surface area (Å²) in [4.78, 5) is 21.9. The van der Waals surface area contributed by atoms with Gasteiger partial charge < -0.3 is 4.74 Å². The molecule has 0 N–H and O–H groups in total. The molecule has 0 fully saturated rings. The van der Waals surface area contributed by atoms with Crippen molar-refractivity contribution in [2.45, 2.75) is 40.5 Å². The molecule has 0 radical (unpaired) electrons. The molecule has 3 heteroatoms. The molecule has 86 valence electrons. The average Bonchev–Trinajstić information content (AvgIpc) is 2.00. The van der Waals surface area contributed by atoms with Crippen molar-refractivity contribution in [3.63, 3.8) is 0 Å². The summed E-state index contributed by atoms with van der Waals surface area (Å²) in [7, 11) is 0. The van der Waals surface area contributed by atoms with E-state index in [0.29, 0.717) is 13.0 Å². The highest BCUT2D eigenvalue weighted by molar-refractivity contribution is 5.90. The summed E-state index contributed by atoms with van der Waals surface area (Å²) in [6, 6.07) is 0. The number of rotatable bonds is 6. The van der Waals surface area contributed by atoms with Gasteiger partial charge in [0.25, 0.3) is 0 Å². The van der Waals surface area contributed by atoms with Crippen LogP contribution in [-0.4, -0.2) is 18.4 Å². The van der Waals surface area contributed by atoms with Crippen molar-refractivity contribution in [1.82, 2.24) is 0 Å². The van der Waals surface area contributed by atoms with Gasteiger partial charge in [-0.25, -0.2) is 0 Å². The lowest BCUT2D eigenvalue weighted by atomic mass is 10.0. The molecule has 15 heavy (non-hydrogen) atoms. The van der Waals surface area contributed by atoms with Crippen LogP contribution in [0.5, 0.6) is 0 Å². The Bertz CT molecular complexity index is 250. The SMILES string of the molecule is CC(=O)OCCC(C)CC(=O)C=C(C)C. The summed E-state index contributed by atoms with van der Waals surface area (Å²) in [5, 5.41) is 0. The van der Waals surface area contributed by atoms with Crippen molar-refractivity contribution in [1.29, 1.82) is 0 Å². The molecule has 0 aliphatic heterocycles. The molecular formula is C12H20O3. The summed E-state index contributed by atoms with van der Waals surface area (Å²) in [6.45, 7) is 7.58. The molecule has 0 amide bonds. The third-order valence-corrected chi connectivity index (χ3v) is 1.92. The van der Waals surface area contributed by atoms with E-state index >= 15 is 0 Å². The molecule has 0 saturated heterocycles. The minimum absolute atomic E-state index is 0.144. The van der Waals surface area contributed by atoms with Crippen molar-refractivity contribution in [2.75, 3.05) is 6.61 Å². The topological polar surface area (TPSA) is 43.4 Å². The zero-order valence-electron chi connectivity index (χ0n) is 10.0. The van der Waals surface area contributed by atoms with Gasteiger partial charge in [-0.15, -0.1) is 0 Å². The lowest BCUT2D eigenvalue weighted by molar-refractivity contribution is -0.141. The Kier molecular flexibility index (Phi) is 6.67. The maximum Gasteiger partial charge on any atom is 0.302 e. The summed E-state index contributed by atoms with van der Waals surface area (Å²) >= 11 is 0. The van der Waals surface area contributed by atoms with E-state index in [9.17, 15) is 9.59 Å². The van der Waals surface area contributed by atoms with Crippen molar-refractivity contribution >= 4 is 11.8 Å². The van der Waals surface area contributed by atoms with Gasteiger partial charge in [-0.05, 0) is 32.3 Å². The van der Waals surface area contributed by atoms with Gasteiger partial charge in [0.05, 0.1) is 6.61 Å². The monoisotopic (exact) mass is 212 g/mol. The highest BCUT2D eigenvalue weighted by atomic mass is 16.5. The number of allylic oxidation sites excluding steroid dienone is 2. The molecule has 0 aromatic rings. The smallest absolute Gasteiger partial charge is 0.302 e. The van der Waals surface area contributed by atoms with Crippen LogP contribution in [0.4, 0.5) is 0 Å². The van der Waals surface area contributed by atoms with Crippen LogP contribution in [0.1, 0.15) is 40.5 Å². The standard InChI is InChI=1S/C12H20O3/c1-9(2)7-12(14)8-10(3)5-6-15-11(4)13/h7,10H,5-6,8H2,1-4H3. The van der Waals surface area contributed by atoms with Gasteiger partial charge in [-0.3, -0.25) is 9.59 Å². The number of carbonyl (C=O) groups excluding carboxylic acids is 2. The Morgan fingerprint density at radius 3 is 2.33 bits per heavy atom. The molecule has 0 aliphatic rings. The molecule has 0 bridgehead atoms. The quantitative estimate of drug-likeness (QED) is 0.502. The van der Waals surface area contributed by atoms with Crippen LogP contribution in [0, 0.1) is 5.92 Å². The molecule has 0 rings (SSSR count). The van der Waals surface area contributed by atoms with Gasteiger partial charge in [0.1, 0.15) is 0 Å². The van der Waals surface area contributed by atoms with Gasteiger partial charge >= 0.3 is 5.97 Å². The maximum atomic E-state index is 11.4. The number of carbonyl (C=O) groups is 2. The number of hydrogen-bond acceptors (Lipinski definition) is 3. The summed E-state index contributed by atoms with van der Waals surface area (Å²) in [5.41, 5.74) is 1.02. The zero-order valence-corrected chi connectivity index (χ0v) is 10.0. The van der Waals surface area contributed by atoms with Gasteiger partial charge in [-0.2, -0.15) is 0 Å². The molecule has 1 unspecified atom stereocenters. The van der Waals surface area contributed by atoms with Crippen molar-refractivity contribution in [3.8, 4) is 0 Å². The van der Waals surface area contributed by atoms with Crippen molar-refractivity contribution in [3.05, 3.63) is 11.6 Å². The molecule has 0 aromatic heterocycles. The van der Waals surface area contributed by atoms with Crippen LogP contribution in [0.2, 0.25) is 0 Å². The van der Waals surface area contributed by atoms with E-state index in [1.54, 1.807) is 6.08 Å². The Hall–Kier alpha value is -1.12. The number of ether oxygens (including phenoxy) is 1. The molecule has 1 atom stereocenters. The van der Waals surface area contributed by atoms with E-state index in [0.717, 1.165) is 12.0 Å². The summed E-state index contributed by atoms with van der Waals surface area (Å²) in [6.07, 6.45) is 2.91. The second-order valence-corrected chi connectivity index (χ2v) is 4.13. The van der Waals surface area contributed by atoms with Crippen LogP contribution in [0.15, 0.2) is 11.6 Å². The third kappa shape index (κ3) is 9.19. The zero-order chi connectivity index (χ0) is 11.8. The number of esters is 1. The lowest BCUT2D eigenvalue weighted by Crippen LogP contribution is -2.08. The third-order valence-electron chi connectivity index (χ3n) is 1.92. The molecule has 3 nitrogen and oxygen atoms in total. The van der Waals surface area contributed by atoms with E-state index in [1.165, 1.54) is 6.92 Å². The first-order chi connectivity index (χ1) is 6.91. The van der Waals surface area contributed by atoms with Gasteiger partial charge in [-0.1, -0.05) is 12.5 Å². The molecule has 0 spiro atoms. The first-order valence-corrected chi connectivity index (χ1v) is 5.23. The van der Waals surface area contributed by atoms with E-state index in [4.69, 9.17) is 4.74 Å². The van der Waals surface area contributed by atoms with Crippen LogP contribution >= 0.6 is 0 Å². The highest BCUT2D eigenvalue weighted by Gasteiger charge is 2.07. The van der Waals surface area contributed by atoms with Gasteiger partial charge in [0.2, 0.25) is 0 Å². The summed E-state index contributed by atoms with van der Waals surface area (Å²) < 4.78 is 4.81. The Morgan fingerprint density at radius 1 is 1.27 bits per heavy atom. The van der Waals surface area contributed by atoms with Crippen molar-refractivity contribution in [2.24, 2.45) is 5.92 Å². The molecule has 0 saturated carbocycles. The first kappa shape index (κ1) is 13.9. The first-order valence-electron chi connectivity index (χ1n) is 5.23. The fourth-order valence-electron chi connectivity index (χ4n) is 1.23. The van der Waals surface area contributed by atoms with E-state index in [1.807, 2.05) is 20.8 Å². The van der Waals surface area contributed by atoms with Gasteiger partial charge in [0, 0.05) is 13.3 Å². The minimum atomic E-state index is -0.266. The molecule has 0 aliphatic carbocycles. The number of hydrogen-bond donors (Lipinski definition) is 0. The Balaban J connectivity index is 3.74. The van der Waals surface area contributed by atoms with Crippen LogP contribution in [0.3, 0.4) is 0 Å². The van der Waals surface area contributed by atoms with E-state index in [2.05, 4.69) is 0 Å².